The molecular weight excluding hydrogens is 176 g/mol. The lowest BCUT2D eigenvalue weighted by atomic mass is 10.0. The van der Waals surface area contributed by atoms with Gasteiger partial charge in [-0.2, -0.15) is 0 Å². The highest BCUT2D eigenvalue weighted by molar-refractivity contribution is 4.74. The van der Waals surface area contributed by atoms with Crippen LogP contribution in [0.25, 0.3) is 0 Å². The SMILES string of the molecule is CC1CC(NCCCN(C)C)CCO1. The fourth-order valence-corrected chi connectivity index (χ4v) is 1.88. The first-order valence-corrected chi connectivity index (χ1v) is 5.68. The third-order valence-electron chi connectivity index (χ3n) is 2.70. The number of ether oxygens (including phenoxy) is 1. The van der Waals surface area contributed by atoms with Gasteiger partial charge in [0.25, 0.3) is 0 Å². The van der Waals surface area contributed by atoms with Gasteiger partial charge in [-0.1, -0.05) is 0 Å². The van der Waals surface area contributed by atoms with Gasteiger partial charge in [0, 0.05) is 12.6 Å². The monoisotopic (exact) mass is 200 g/mol. The van der Waals surface area contributed by atoms with Gasteiger partial charge in [-0.25, -0.2) is 0 Å². The minimum atomic E-state index is 0.440. The van der Waals surface area contributed by atoms with Crippen LogP contribution in [0, 0.1) is 0 Å². The maximum absolute atomic E-state index is 5.50. The molecule has 0 aromatic carbocycles. The van der Waals surface area contributed by atoms with E-state index < -0.39 is 0 Å². The molecule has 1 aliphatic rings. The number of hydrogen-bond donors (Lipinski definition) is 1. The van der Waals surface area contributed by atoms with E-state index in [-0.39, 0.29) is 0 Å². The highest BCUT2D eigenvalue weighted by Crippen LogP contribution is 2.12. The van der Waals surface area contributed by atoms with Gasteiger partial charge in [0.1, 0.15) is 0 Å². The molecule has 1 heterocycles. The van der Waals surface area contributed by atoms with E-state index >= 15 is 0 Å². The molecule has 1 N–H and O–H groups in total. The van der Waals surface area contributed by atoms with Gasteiger partial charge in [0.05, 0.1) is 6.10 Å². The topological polar surface area (TPSA) is 24.5 Å². The third-order valence-corrected chi connectivity index (χ3v) is 2.70. The standard InChI is InChI=1S/C11H24N2O/c1-10-9-11(5-8-14-10)12-6-4-7-13(2)3/h10-12H,4-9H2,1-3H3. The highest BCUT2D eigenvalue weighted by Gasteiger charge is 2.17. The Labute approximate surface area is 87.8 Å². The molecule has 84 valence electrons. The smallest absolute Gasteiger partial charge is 0.0561 e. The summed E-state index contributed by atoms with van der Waals surface area (Å²) >= 11 is 0. The normalized spacial score (nSPS) is 28.3. The predicted molar refractivity (Wildman–Crippen MR) is 59.6 cm³/mol. The molecular formula is C11H24N2O. The van der Waals surface area contributed by atoms with Crippen LogP contribution in [0.5, 0.6) is 0 Å². The van der Waals surface area contributed by atoms with E-state index in [2.05, 4.69) is 31.2 Å². The molecule has 0 aliphatic carbocycles. The molecule has 2 atom stereocenters. The van der Waals surface area contributed by atoms with E-state index in [0.29, 0.717) is 12.1 Å². The molecule has 0 bridgehead atoms. The zero-order valence-electron chi connectivity index (χ0n) is 9.75. The van der Waals surface area contributed by atoms with Crippen LogP contribution in [-0.2, 0) is 4.74 Å². The fourth-order valence-electron chi connectivity index (χ4n) is 1.88. The molecule has 14 heavy (non-hydrogen) atoms. The molecule has 0 aromatic heterocycles. The van der Waals surface area contributed by atoms with Gasteiger partial charge in [-0.15, -0.1) is 0 Å². The second-order valence-electron chi connectivity index (χ2n) is 4.51. The Balaban J connectivity index is 2.00. The van der Waals surface area contributed by atoms with Crippen molar-refractivity contribution in [1.82, 2.24) is 10.2 Å². The van der Waals surface area contributed by atoms with Crippen LogP contribution < -0.4 is 5.32 Å². The fraction of sp³-hybridized carbons (Fsp3) is 1.00. The molecule has 0 amide bonds. The molecule has 2 unspecified atom stereocenters. The largest absolute Gasteiger partial charge is 0.378 e. The summed E-state index contributed by atoms with van der Waals surface area (Å²) in [5, 5.41) is 3.60. The molecule has 1 saturated heterocycles. The van der Waals surface area contributed by atoms with E-state index in [4.69, 9.17) is 4.74 Å². The van der Waals surface area contributed by atoms with Crippen molar-refractivity contribution in [3.8, 4) is 0 Å². The van der Waals surface area contributed by atoms with Crippen molar-refractivity contribution >= 4 is 0 Å². The lowest BCUT2D eigenvalue weighted by molar-refractivity contribution is 0.0133. The van der Waals surface area contributed by atoms with E-state index in [9.17, 15) is 0 Å². The molecule has 3 heteroatoms. The van der Waals surface area contributed by atoms with Gasteiger partial charge in [0.15, 0.2) is 0 Å². The zero-order chi connectivity index (χ0) is 10.4. The first kappa shape index (κ1) is 12.0. The van der Waals surface area contributed by atoms with E-state index in [1.807, 2.05) is 0 Å². The minimum absolute atomic E-state index is 0.440. The Morgan fingerprint density at radius 2 is 2.21 bits per heavy atom. The maximum Gasteiger partial charge on any atom is 0.0561 e. The molecule has 0 radical (unpaired) electrons. The summed E-state index contributed by atoms with van der Waals surface area (Å²) in [5.74, 6) is 0. The first-order chi connectivity index (χ1) is 6.68. The van der Waals surface area contributed by atoms with E-state index in [0.717, 1.165) is 13.2 Å². The quantitative estimate of drug-likeness (QED) is 0.673. The number of hydrogen-bond acceptors (Lipinski definition) is 3. The van der Waals surface area contributed by atoms with E-state index in [1.165, 1.54) is 25.8 Å². The summed E-state index contributed by atoms with van der Waals surface area (Å²) in [6.07, 6.45) is 4.02. The van der Waals surface area contributed by atoms with Gasteiger partial charge in [-0.05, 0) is 53.4 Å². The summed E-state index contributed by atoms with van der Waals surface area (Å²) in [5.41, 5.74) is 0. The van der Waals surface area contributed by atoms with Crippen LogP contribution >= 0.6 is 0 Å². The van der Waals surface area contributed by atoms with Crippen molar-refractivity contribution in [3.63, 3.8) is 0 Å². The third kappa shape index (κ3) is 4.94. The molecule has 0 aromatic rings. The van der Waals surface area contributed by atoms with Crippen molar-refractivity contribution in [1.29, 1.82) is 0 Å². The van der Waals surface area contributed by atoms with Gasteiger partial charge in [0.2, 0.25) is 0 Å². The van der Waals surface area contributed by atoms with Gasteiger partial charge < -0.3 is 15.0 Å². The number of nitrogens with zero attached hydrogens (tertiary/aromatic N) is 1. The van der Waals surface area contributed by atoms with Crippen molar-refractivity contribution < 1.29 is 4.74 Å². The molecule has 0 saturated carbocycles. The average molecular weight is 200 g/mol. The van der Waals surface area contributed by atoms with Crippen LogP contribution in [0.1, 0.15) is 26.2 Å². The molecule has 1 aliphatic heterocycles. The summed E-state index contributed by atoms with van der Waals surface area (Å²) < 4.78 is 5.50. The average Bonchev–Trinajstić information content (AvgIpc) is 2.12. The number of rotatable bonds is 5. The molecule has 3 nitrogen and oxygen atoms in total. The first-order valence-electron chi connectivity index (χ1n) is 5.68. The Bertz CT molecular complexity index is 150. The maximum atomic E-state index is 5.50. The van der Waals surface area contributed by atoms with Gasteiger partial charge in [-0.3, -0.25) is 0 Å². The van der Waals surface area contributed by atoms with Crippen LogP contribution in [-0.4, -0.2) is 50.8 Å². The highest BCUT2D eigenvalue weighted by atomic mass is 16.5. The minimum Gasteiger partial charge on any atom is -0.378 e. The Morgan fingerprint density at radius 3 is 2.86 bits per heavy atom. The lowest BCUT2D eigenvalue weighted by Gasteiger charge is -2.28. The van der Waals surface area contributed by atoms with Gasteiger partial charge >= 0.3 is 0 Å². The van der Waals surface area contributed by atoms with Crippen molar-refractivity contribution in [2.75, 3.05) is 33.8 Å². The van der Waals surface area contributed by atoms with Crippen LogP contribution in [0.2, 0.25) is 0 Å². The number of nitrogens with one attached hydrogen (secondary N) is 1. The van der Waals surface area contributed by atoms with Crippen LogP contribution in [0.3, 0.4) is 0 Å². The summed E-state index contributed by atoms with van der Waals surface area (Å²) in [6, 6.07) is 0.681. The summed E-state index contributed by atoms with van der Waals surface area (Å²) in [4.78, 5) is 2.23. The predicted octanol–water partition coefficient (Wildman–Crippen LogP) is 1.10. The summed E-state index contributed by atoms with van der Waals surface area (Å²) in [6.45, 7) is 5.39. The van der Waals surface area contributed by atoms with Crippen molar-refractivity contribution in [2.45, 2.75) is 38.3 Å². The lowest BCUT2D eigenvalue weighted by Crippen LogP contribution is -2.38. The molecule has 0 spiro atoms. The Kier molecular flexibility index (Phi) is 5.45. The van der Waals surface area contributed by atoms with E-state index in [1.54, 1.807) is 0 Å². The molecule has 1 rings (SSSR count). The van der Waals surface area contributed by atoms with Crippen molar-refractivity contribution in [3.05, 3.63) is 0 Å². The van der Waals surface area contributed by atoms with Crippen LogP contribution in [0.4, 0.5) is 0 Å². The second kappa shape index (κ2) is 6.38. The second-order valence-corrected chi connectivity index (χ2v) is 4.51. The summed E-state index contributed by atoms with van der Waals surface area (Å²) in [7, 11) is 4.24. The van der Waals surface area contributed by atoms with Crippen molar-refractivity contribution in [2.24, 2.45) is 0 Å². The molecule has 1 fully saturated rings. The Morgan fingerprint density at radius 1 is 1.43 bits per heavy atom. The zero-order valence-corrected chi connectivity index (χ0v) is 9.75. The Hall–Kier alpha value is -0.120. The van der Waals surface area contributed by atoms with Crippen LogP contribution in [0.15, 0.2) is 0 Å².